The maximum absolute atomic E-state index is 4.52. The van der Waals surface area contributed by atoms with E-state index in [9.17, 15) is 0 Å². The fraction of sp³-hybridized carbons (Fsp3) is 0.545. The molecule has 6 nitrogen and oxygen atoms in total. The highest BCUT2D eigenvalue weighted by molar-refractivity contribution is 5.79. The van der Waals surface area contributed by atoms with Crippen LogP contribution < -0.4 is 10.6 Å². The minimum atomic E-state index is 0.563. The minimum Gasteiger partial charge on any atom is -0.356 e. The summed E-state index contributed by atoms with van der Waals surface area (Å²) in [7, 11) is 1.84. The van der Waals surface area contributed by atoms with Crippen molar-refractivity contribution in [3.05, 3.63) is 53.3 Å². The lowest BCUT2D eigenvalue weighted by Crippen LogP contribution is -2.45. The van der Waals surface area contributed by atoms with Gasteiger partial charge < -0.3 is 10.6 Å². The van der Waals surface area contributed by atoms with Crippen LogP contribution in [-0.2, 0) is 13.1 Å². The molecule has 2 N–H and O–H groups in total. The van der Waals surface area contributed by atoms with Crippen LogP contribution in [0.1, 0.15) is 36.2 Å². The van der Waals surface area contributed by atoms with Crippen molar-refractivity contribution in [2.75, 3.05) is 26.7 Å². The van der Waals surface area contributed by atoms with Gasteiger partial charge >= 0.3 is 0 Å². The Bertz CT molecular complexity index is 752. The fourth-order valence-corrected chi connectivity index (χ4v) is 3.92. The molecule has 1 atom stereocenters. The molecule has 3 rings (SSSR count). The Kier molecular flexibility index (Phi) is 7.48. The first-order chi connectivity index (χ1) is 13.7. The van der Waals surface area contributed by atoms with E-state index in [0.717, 1.165) is 44.3 Å². The summed E-state index contributed by atoms with van der Waals surface area (Å²) in [5, 5.41) is 11.5. The number of guanidine groups is 1. The first kappa shape index (κ1) is 20.4. The van der Waals surface area contributed by atoms with E-state index in [1.54, 1.807) is 0 Å². The number of nitrogens with one attached hydrogen (secondary N) is 2. The second-order valence-corrected chi connectivity index (χ2v) is 7.64. The molecule has 0 radical (unpaired) electrons. The molecule has 0 amide bonds. The van der Waals surface area contributed by atoms with Crippen LogP contribution in [0.5, 0.6) is 0 Å². The molecule has 1 unspecified atom stereocenters. The van der Waals surface area contributed by atoms with Gasteiger partial charge in [0.15, 0.2) is 5.96 Å². The van der Waals surface area contributed by atoms with Crippen molar-refractivity contribution in [2.45, 2.75) is 52.2 Å². The SMILES string of the molecule is CN=C(NCCCn1nc(C)cc1C)NCC1CCCN1Cc1ccccc1. The van der Waals surface area contributed by atoms with Crippen LogP contribution >= 0.6 is 0 Å². The minimum absolute atomic E-state index is 0.563. The second-order valence-electron chi connectivity index (χ2n) is 7.64. The molecule has 152 valence electrons. The highest BCUT2D eigenvalue weighted by Gasteiger charge is 2.24. The maximum atomic E-state index is 4.52. The lowest BCUT2D eigenvalue weighted by Gasteiger charge is -2.25. The Labute approximate surface area is 169 Å². The van der Waals surface area contributed by atoms with Crippen LogP contribution in [0, 0.1) is 13.8 Å². The van der Waals surface area contributed by atoms with Crippen molar-refractivity contribution in [1.29, 1.82) is 0 Å². The Morgan fingerprint density at radius 1 is 1.21 bits per heavy atom. The van der Waals surface area contributed by atoms with Gasteiger partial charge in [-0.25, -0.2) is 0 Å². The van der Waals surface area contributed by atoms with E-state index in [0.29, 0.717) is 6.04 Å². The van der Waals surface area contributed by atoms with Crippen molar-refractivity contribution in [2.24, 2.45) is 4.99 Å². The molecule has 1 aromatic carbocycles. The van der Waals surface area contributed by atoms with Crippen molar-refractivity contribution in [3.63, 3.8) is 0 Å². The van der Waals surface area contributed by atoms with Gasteiger partial charge in [-0.15, -0.1) is 0 Å². The maximum Gasteiger partial charge on any atom is 0.191 e. The zero-order valence-corrected chi connectivity index (χ0v) is 17.5. The van der Waals surface area contributed by atoms with E-state index in [4.69, 9.17) is 0 Å². The van der Waals surface area contributed by atoms with E-state index < -0.39 is 0 Å². The van der Waals surface area contributed by atoms with Gasteiger partial charge in [-0.1, -0.05) is 30.3 Å². The van der Waals surface area contributed by atoms with E-state index in [-0.39, 0.29) is 0 Å². The van der Waals surface area contributed by atoms with Crippen LogP contribution in [-0.4, -0.2) is 53.4 Å². The summed E-state index contributed by atoms with van der Waals surface area (Å²) in [6.45, 7) is 9.10. The zero-order valence-electron chi connectivity index (χ0n) is 17.5. The number of hydrogen-bond acceptors (Lipinski definition) is 3. The summed E-state index contributed by atoms with van der Waals surface area (Å²) in [4.78, 5) is 6.96. The molecule has 1 saturated heterocycles. The number of benzene rings is 1. The smallest absolute Gasteiger partial charge is 0.191 e. The molecule has 1 aliphatic heterocycles. The molecular formula is C22H34N6. The van der Waals surface area contributed by atoms with Gasteiger partial charge in [0.25, 0.3) is 0 Å². The van der Waals surface area contributed by atoms with Crippen molar-refractivity contribution < 1.29 is 0 Å². The summed E-state index contributed by atoms with van der Waals surface area (Å²) < 4.78 is 2.08. The largest absolute Gasteiger partial charge is 0.356 e. The van der Waals surface area contributed by atoms with Gasteiger partial charge in [0.05, 0.1) is 5.69 Å². The van der Waals surface area contributed by atoms with E-state index in [1.165, 1.54) is 30.6 Å². The van der Waals surface area contributed by atoms with Gasteiger partial charge in [0, 0.05) is 45.0 Å². The first-order valence-electron chi connectivity index (χ1n) is 10.4. The Hall–Kier alpha value is -2.34. The van der Waals surface area contributed by atoms with Gasteiger partial charge in [0.2, 0.25) is 0 Å². The predicted octanol–water partition coefficient (Wildman–Crippen LogP) is 2.72. The molecule has 1 fully saturated rings. The van der Waals surface area contributed by atoms with Gasteiger partial charge in [-0.05, 0) is 51.3 Å². The summed E-state index contributed by atoms with van der Waals surface area (Å²) >= 11 is 0. The monoisotopic (exact) mass is 382 g/mol. The van der Waals surface area contributed by atoms with Gasteiger partial charge in [-0.2, -0.15) is 5.10 Å². The predicted molar refractivity (Wildman–Crippen MR) is 116 cm³/mol. The van der Waals surface area contributed by atoms with E-state index in [2.05, 4.69) is 73.6 Å². The molecular weight excluding hydrogens is 348 g/mol. The normalized spacial score (nSPS) is 17.8. The molecule has 0 saturated carbocycles. The van der Waals surface area contributed by atoms with Crippen molar-refractivity contribution in [1.82, 2.24) is 25.3 Å². The summed E-state index contributed by atoms with van der Waals surface area (Å²) in [6.07, 6.45) is 3.54. The van der Waals surface area contributed by atoms with Gasteiger partial charge in [0.1, 0.15) is 0 Å². The van der Waals surface area contributed by atoms with Crippen LogP contribution in [0.25, 0.3) is 0 Å². The van der Waals surface area contributed by atoms with Crippen LogP contribution in [0.15, 0.2) is 41.4 Å². The van der Waals surface area contributed by atoms with Crippen molar-refractivity contribution >= 4 is 5.96 Å². The van der Waals surface area contributed by atoms with E-state index >= 15 is 0 Å². The summed E-state index contributed by atoms with van der Waals surface area (Å²) in [5.74, 6) is 0.889. The molecule has 0 aliphatic carbocycles. The van der Waals surface area contributed by atoms with E-state index in [1.807, 2.05) is 14.0 Å². The molecule has 1 aromatic heterocycles. The molecule has 0 spiro atoms. The standard InChI is InChI=1S/C22H34N6/c1-18-15-19(2)28(26-18)14-8-12-24-22(23-3)25-16-21-11-7-13-27(21)17-20-9-5-4-6-10-20/h4-6,9-10,15,21H,7-8,11-14,16-17H2,1-3H3,(H2,23,24,25). The number of aromatic nitrogens is 2. The number of aryl methyl sites for hydroxylation is 3. The highest BCUT2D eigenvalue weighted by Crippen LogP contribution is 2.19. The van der Waals surface area contributed by atoms with Crippen molar-refractivity contribution in [3.8, 4) is 0 Å². The third-order valence-corrected chi connectivity index (χ3v) is 5.40. The molecule has 1 aliphatic rings. The molecule has 28 heavy (non-hydrogen) atoms. The summed E-state index contributed by atoms with van der Waals surface area (Å²) in [6, 6.07) is 13.4. The second kappa shape index (κ2) is 10.3. The number of nitrogens with zero attached hydrogens (tertiary/aromatic N) is 4. The van der Waals surface area contributed by atoms with Gasteiger partial charge in [-0.3, -0.25) is 14.6 Å². The van der Waals surface area contributed by atoms with Crippen LogP contribution in [0.3, 0.4) is 0 Å². The summed E-state index contributed by atoms with van der Waals surface area (Å²) in [5.41, 5.74) is 3.69. The number of likely N-dealkylation sites (tertiary alicyclic amines) is 1. The average molecular weight is 383 g/mol. The number of hydrogen-bond donors (Lipinski definition) is 2. The third-order valence-electron chi connectivity index (χ3n) is 5.40. The first-order valence-corrected chi connectivity index (χ1v) is 10.4. The number of rotatable bonds is 8. The zero-order chi connectivity index (χ0) is 19.8. The molecule has 2 aromatic rings. The third kappa shape index (κ3) is 5.83. The Morgan fingerprint density at radius 3 is 2.75 bits per heavy atom. The molecule has 2 heterocycles. The lowest BCUT2D eigenvalue weighted by molar-refractivity contribution is 0.245. The Morgan fingerprint density at radius 2 is 2.04 bits per heavy atom. The average Bonchev–Trinajstić information content (AvgIpc) is 3.27. The lowest BCUT2D eigenvalue weighted by atomic mass is 10.2. The van der Waals surface area contributed by atoms with Crippen LogP contribution in [0.4, 0.5) is 0 Å². The van der Waals surface area contributed by atoms with Crippen LogP contribution in [0.2, 0.25) is 0 Å². The topological polar surface area (TPSA) is 57.5 Å². The quantitative estimate of drug-likeness (QED) is 0.419. The highest BCUT2D eigenvalue weighted by atomic mass is 15.3. The molecule has 6 heteroatoms. The molecule has 0 bridgehead atoms. The fourth-order valence-electron chi connectivity index (χ4n) is 3.92. The Balaban J connectivity index is 1.39. The number of aliphatic imine (C=N–C) groups is 1.